The molecule has 2 rings (SSSR count). The lowest BCUT2D eigenvalue weighted by Gasteiger charge is -2.22. The van der Waals surface area contributed by atoms with Gasteiger partial charge in [-0.15, -0.1) is 0 Å². The fraction of sp³-hybridized carbons (Fsp3) is 0.625. The van der Waals surface area contributed by atoms with Gasteiger partial charge in [0.25, 0.3) is 0 Å². The van der Waals surface area contributed by atoms with Gasteiger partial charge < -0.3 is 10.2 Å². The van der Waals surface area contributed by atoms with E-state index in [2.05, 4.69) is 49.2 Å². The van der Waals surface area contributed by atoms with E-state index in [0.29, 0.717) is 0 Å². The van der Waals surface area contributed by atoms with Crippen LogP contribution in [0.2, 0.25) is 0 Å². The van der Waals surface area contributed by atoms with Gasteiger partial charge in [0.2, 0.25) is 0 Å². The third-order valence-corrected chi connectivity index (χ3v) is 4.15. The molecule has 1 unspecified atom stereocenters. The molecule has 1 aromatic rings. The van der Waals surface area contributed by atoms with Crippen molar-refractivity contribution in [3.63, 3.8) is 0 Å². The van der Waals surface area contributed by atoms with Crippen LogP contribution in [-0.2, 0) is 6.54 Å². The molecular formula is C16H26N2. The fourth-order valence-corrected chi connectivity index (χ4v) is 2.94. The smallest absolute Gasteiger partial charge is 0.0396 e. The molecule has 0 amide bonds. The minimum Gasteiger partial charge on any atom is -0.371 e. The molecule has 1 aliphatic heterocycles. The van der Waals surface area contributed by atoms with E-state index >= 15 is 0 Å². The highest BCUT2D eigenvalue weighted by Gasteiger charge is 2.25. The summed E-state index contributed by atoms with van der Waals surface area (Å²) in [6.45, 7) is 10.3. The molecule has 1 aliphatic rings. The molecule has 0 radical (unpaired) electrons. The second kappa shape index (κ2) is 5.75. The number of hydrogen-bond acceptors (Lipinski definition) is 2. The van der Waals surface area contributed by atoms with Crippen LogP contribution in [-0.4, -0.2) is 20.1 Å². The van der Waals surface area contributed by atoms with Gasteiger partial charge >= 0.3 is 0 Å². The third-order valence-electron chi connectivity index (χ3n) is 4.15. The van der Waals surface area contributed by atoms with Gasteiger partial charge in [-0.3, -0.25) is 0 Å². The highest BCUT2D eigenvalue weighted by atomic mass is 15.2. The summed E-state index contributed by atoms with van der Waals surface area (Å²) in [6.07, 6.45) is 1.34. The molecule has 100 valence electrons. The lowest BCUT2D eigenvalue weighted by atomic mass is 9.95. The van der Waals surface area contributed by atoms with Gasteiger partial charge in [-0.1, -0.05) is 26.0 Å². The number of benzene rings is 1. The van der Waals surface area contributed by atoms with Crippen LogP contribution < -0.4 is 10.2 Å². The molecule has 1 atom stereocenters. The maximum absolute atomic E-state index is 3.21. The topological polar surface area (TPSA) is 15.3 Å². The first-order valence-electron chi connectivity index (χ1n) is 7.11. The van der Waals surface area contributed by atoms with Crippen molar-refractivity contribution >= 4 is 5.69 Å². The first-order valence-corrected chi connectivity index (χ1v) is 7.11. The van der Waals surface area contributed by atoms with Crippen LogP contribution in [0.25, 0.3) is 0 Å². The maximum atomic E-state index is 3.21. The van der Waals surface area contributed by atoms with Crippen molar-refractivity contribution in [2.24, 2.45) is 11.8 Å². The molecule has 18 heavy (non-hydrogen) atoms. The Labute approximate surface area is 111 Å². The summed E-state index contributed by atoms with van der Waals surface area (Å²) in [5, 5.41) is 3.21. The minimum atomic E-state index is 0.805. The van der Waals surface area contributed by atoms with E-state index in [1.807, 2.05) is 7.05 Å². The highest BCUT2D eigenvalue weighted by Crippen LogP contribution is 2.30. The standard InChI is InChI=1S/C16H26N2/c1-12(2)15-7-8-18(11-15)16-6-5-14(10-17-4)9-13(16)3/h5-6,9,12,15,17H,7-8,10-11H2,1-4H3. The van der Waals surface area contributed by atoms with Crippen LogP contribution >= 0.6 is 0 Å². The lowest BCUT2D eigenvalue weighted by molar-refractivity contribution is 0.422. The van der Waals surface area contributed by atoms with Gasteiger partial charge in [-0.05, 0) is 49.4 Å². The van der Waals surface area contributed by atoms with E-state index in [-0.39, 0.29) is 0 Å². The molecule has 0 aromatic heterocycles. The molecule has 0 aliphatic carbocycles. The number of hydrogen-bond donors (Lipinski definition) is 1. The Morgan fingerprint density at radius 1 is 1.39 bits per heavy atom. The predicted molar refractivity (Wildman–Crippen MR) is 79.1 cm³/mol. The van der Waals surface area contributed by atoms with Crippen LogP contribution in [0.15, 0.2) is 18.2 Å². The van der Waals surface area contributed by atoms with Crippen molar-refractivity contribution in [2.75, 3.05) is 25.0 Å². The summed E-state index contributed by atoms with van der Waals surface area (Å²) in [5.74, 6) is 1.67. The summed E-state index contributed by atoms with van der Waals surface area (Å²) >= 11 is 0. The molecule has 1 heterocycles. The molecule has 0 bridgehead atoms. The first kappa shape index (κ1) is 13.4. The molecule has 1 fully saturated rings. The van der Waals surface area contributed by atoms with Crippen LogP contribution in [0.4, 0.5) is 5.69 Å². The van der Waals surface area contributed by atoms with E-state index in [1.165, 1.54) is 36.3 Å². The Hall–Kier alpha value is -1.02. The van der Waals surface area contributed by atoms with E-state index in [0.717, 1.165) is 18.4 Å². The van der Waals surface area contributed by atoms with Crippen molar-refractivity contribution in [2.45, 2.75) is 33.7 Å². The van der Waals surface area contributed by atoms with Gasteiger partial charge in [0.15, 0.2) is 0 Å². The fourth-order valence-electron chi connectivity index (χ4n) is 2.94. The number of rotatable bonds is 4. The Morgan fingerprint density at radius 2 is 2.17 bits per heavy atom. The highest BCUT2D eigenvalue weighted by molar-refractivity contribution is 5.55. The van der Waals surface area contributed by atoms with Gasteiger partial charge in [-0.2, -0.15) is 0 Å². The number of anilines is 1. The van der Waals surface area contributed by atoms with Crippen molar-refractivity contribution in [1.82, 2.24) is 5.32 Å². The third kappa shape index (κ3) is 2.86. The monoisotopic (exact) mass is 246 g/mol. The first-order chi connectivity index (χ1) is 8.61. The second-order valence-electron chi connectivity index (χ2n) is 5.89. The summed E-state index contributed by atoms with van der Waals surface area (Å²) in [6, 6.07) is 6.86. The SMILES string of the molecule is CNCc1ccc(N2CCC(C(C)C)C2)c(C)c1. The zero-order valence-electron chi connectivity index (χ0n) is 12.2. The Morgan fingerprint density at radius 3 is 2.72 bits per heavy atom. The second-order valence-corrected chi connectivity index (χ2v) is 5.89. The lowest BCUT2D eigenvalue weighted by Crippen LogP contribution is -2.22. The van der Waals surface area contributed by atoms with Gasteiger partial charge in [-0.25, -0.2) is 0 Å². The number of nitrogens with one attached hydrogen (secondary N) is 1. The zero-order valence-corrected chi connectivity index (χ0v) is 12.2. The molecule has 1 N–H and O–H groups in total. The molecular weight excluding hydrogens is 220 g/mol. The maximum Gasteiger partial charge on any atom is 0.0396 e. The normalized spacial score (nSPS) is 19.8. The van der Waals surface area contributed by atoms with Crippen LogP contribution in [0.1, 0.15) is 31.4 Å². The van der Waals surface area contributed by atoms with Gasteiger partial charge in [0.1, 0.15) is 0 Å². The van der Waals surface area contributed by atoms with Crippen molar-refractivity contribution < 1.29 is 0 Å². The Balaban J connectivity index is 2.10. The average molecular weight is 246 g/mol. The molecule has 0 spiro atoms. The molecule has 0 saturated carbocycles. The van der Waals surface area contributed by atoms with Gasteiger partial charge in [0, 0.05) is 25.3 Å². The van der Waals surface area contributed by atoms with Gasteiger partial charge in [0.05, 0.1) is 0 Å². The Kier molecular flexibility index (Phi) is 4.28. The summed E-state index contributed by atoms with van der Waals surface area (Å²) in [5.41, 5.74) is 4.21. The molecule has 1 aromatic carbocycles. The molecule has 2 heteroatoms. The summed E-state index contributed by atoms with van der Waals surface area (Å²) in [4.78, 5) is 2.56. The minimum absolute atomic E-state index is 0.805. The van der Waals surface area contributed by atoms with Crippen LogP contribution in [0, 0.1) is 18.8 Å². The predicted octanol–water partition coefficient (Wildman–Crippen LogP) is 3.20. The van der Waals surface area contributed by atoms with Crippen LogP contribution in [0.5, 0.6) is 0 Å². The Bertz CT molecular complexity index is 398. The van der Waals surface area contributed by atoms with E-state index < -0.39 is 0 Å². The van der Waals surface area contributed by atoms with Crippen molar-refractivity contribution in [3.05, 3.63) is 29.3 Å². The number of nitrogens with zero attached hydrogens (tertiary/aromatic N) is 1. The molecule has 2 nitrogen and oxygen atoms in total. The zero-order chi connectivity index (χ0) is 13.1. The van der Waals surface area contributed by atoms with Crippen molar-refractivity contribution in [3.8, 4) is 0 Å². The summed E-state index contributed by atoms with van der Waals surface area (Å²) < 4.78 is 0. The summed E-state index contributed by atoms with van der Waals surface area (Å²) in [7, 11) is 2.00. The van der Waals surface area contributed by atoms with E-state index in [9.17, 15) is 0 Å². The van der Waals surface area contributed by atoms with Crippen molar-refractivity contribution in [1.29, 1.82) is 0 Å². The van der Waals surface area contributed by atoms with E-state index in [4.69, 9.17) is 0 Å². The molecule has 1 saturated heterocycles. The van der Waals surface area contributed by atoms with E-state index in [1.54, 1.807) is 0 Å². The average Bonchev–Trinajstić information content (AvgIpc) is 2.79. The number of aryl methyl sites for hydroxylation is 1. The largest absolute Gasteiger partial charge is 0.371 e. The quantitative estimate of drug-likeness (QED) is 0.877. The van der Waals surface area contributed by atoms with Crippen LogP contribution in [0.3, 0.4) is 0 Å².